The molecule has 0 N–H and O–H groups in total. The molecule has 1 atom stereocenters. The first kappa shape index (κ1) is 14.8. The second-order valence-electron chi connectivity index (χ2n) is 4.55. The van der Waals surface area contributed by atoms with Crippen molar-refractivity contribution in [1.29, 1.82) is 0 Å². The second kappa shape index (κ2) is 5.81. The average Bonchev–Trinajstić information content (AvgIpc) is 2.75. The Labute approximate surface area is 122 Å². The topological polar surface area (TPSA) is 67.3 Å². The minimum Gasteiger partial charge on any atom is -0.322 e. The van der Waals surface area contributed by atoms with Crippen LogP contribution in [-0.4, -0.2) is 48.3 Å². The number of rotatable bonds is 3. The molecule has 0 saturated carbocycles. The molecule has 1 aromatic heterocycles. The molecule has 106 valence electrons. The monoisotopic (exact) mass is 312 g/mol. The van der Waals surface area contributed by atoms with E-state index in [1.54, 1.807) is 6.07 Å². The summed E-state index contributed by atoms with van der Waals surface area (Å²) in [4.78, 5) is 17.7. The number of aromatic nitrogens is 1. The zero-order chi connectivity index (χ0) is 14.8. The number of amides is 1. The Morgan fingerprint density at radius 2 is 2.35 bits per heavy atom. The lowest BCUT2D eigenvalue weighted by Crippen LogP contribution is -2.41. The number of carbonyl (C=O) groups excluding carboxylic acids is 1. The number of terminal acetylenes is 1. The Morgan fingerprint density at radius 1 is 1.60 bits per heavy atom. The smallest absolute Gasteiger partial charge is 0.273 e. The Kier molecular flexibility index (Phi) is 4.31. The standard InChI is InChI=1S/C13H13ClN2O3S/c1-2-6-16(11-4-7-20(18,19)9-11)13(17)12-8-10(14)3-5-15-12/h1,3,5,8,11H,4,6-7,9H2. The van der Waals surface area contributed by atoms with Crippen LogP contribution in [0, 0.1) is 12.3 Å². The normalized spacial score (nSPS) is 20.3. The Hall–Kier alpha value is -1.58. The summed E-state index contributed by atoms with van der Waals surface area (Å²) in [5.74, 6) is 2.01. The van der Waals surface area contributed by atoms with Gasteiger partial charge in [0.25, 0.3) is 5.91 Å². The summed E-state index contributed by atoms with van der Waals surface area (Å²) in [5, 5.41) is 0.392. The molecule has 1 fully saturated rings. The number of hydrogen-bond donors (Lipinski definition) is 0. The second-order valence-corrected chi connectivity index (χ2v) is 7.22. The summed E-state index contributed by atoms with van der Waals surface area (Å²) in [6, 6.07) is 2.60. The van der Waals surface area contributed by atoms with Gasteiger partial charge in [-0.25, -0.2) is 8.42 Å². The maximum absolute atomic E-state index is 12.4. The van der Waals surface area contributed by atoms with Crippen LogP contribution in [0.15, 0.2) is 18.3 Å². The predicted octanol–water partition coefficient (Wildman–Crippen LogP) is 0.998. The minimum atomic E-state index is -3.09. The Bertz CT molecular complexity index is 666. The SMILES string of the molecule is C#CCN(C(=O)c1cc(Cl)ccn1)C1CCS(=O)(=O)C1. The van der Waals surface area contributed by atoms with Crippen molar-refractivity contribution in [2.24, 2.45) is 0 Å². The third kappa shape index (κ3) is 3.30. The number of sulfone groups is 1. The zero-order valence-electron chi connectivity index (χ0n) is 10.6. The van der Waals surface area contributed by atoms with Crippen molar-refractivity contribution in [1.82, 2.24) is 9.88 Å². The molecule has 1 saturated heterocycles. The van der Waals surface area contributed by atoms with E-state index < -0.39 is 21.8 Å². The average molecular weight is 313 g/mol. The van der Waals surface area contributed by atoms with Gasteiger partial charge < -0.3 is 4.90 Å². The van der Waals surface area contributed by atoms with Crippen LogP contribution in [0.2, 0.25) is 5.02 Å². The van der Waals surface area contributed by atoms with Crippen molar-refractivity contribution in [2.45, 2.75) is 12.5 Å². The van der Waals surface area contributed by atoms with Gasteiger partial charge in [-0.15, -0.1) is 6.42 Å². The molecule has 5 nitrogen and oxygen atoms in total. The molecule has 0 spiro atoms. The van der Waals surface area contributed by atoms with Crippen LogP contribution in [-0.2, 0) is 9.84 Å². The summed E-state index contributed by atoms with van der Waals surface area (Å²) in [6.45, 7) is 0.0488. The van der Waals surface area contributed by atoms with Gasteiger partial charge in [-0.05, 0) is 18.6 Å². The van der Waals surface area contributed by atoms with Crippen molar-refractivity contribution >= 4 is 27.3 Å². The van der Waals surface area contributed by atoms with Crippen molar-refractivity contribution in [3.8, 4) is 12.3 Å². The van der Waals surface area contributed by atoms with Crippen molar-refractivity contribution in [3.05, 3.63) is 29.0 Å². The molecular weight excluding hydrogens is 300 g/mol. The van der Waals surface area contributed by atoms with E-state index in [0.717, 1.165) is 0 Å². The van der Waals surface area contributed by atoms with Gasteiger partial charge in [0.1, 0.15) is 5.69 Å². The molecule has 1 amide bonds. The maximum atomic E-state index is 12.4. The highest BCUT2D eigenvalue weighted by Crippen LogP contribution is 2.20. The highest BCUT2D eigenvalue weighted by molar-refractivity contribution is 7.91. The Balaban J connectivity index is 2.25. The third-order valence-electron chi connectivity index (χ3n) is 3.11. The Morgan fingerprint density at radius 3 is 2.90 bits per heavy atom. The quantitative estimate of drug-likeness (QED) is 0.781. The lowest BCUT2D eigenvalue weighted by Gasteiger charge is -2.25. The van der Waals surface area contributed by atoms with Crippen LogP contribution in [0.1, 0.15) is 16.9 Å². The molecular formula is C13H13ClN2O3S. The minimum absolute atomic E-state index is 0.0488. The predicted molar refractivity (Wildman–Crippen MR) is 76.2 cm³/mol. The van der Waals surface area contributed by atoms with Gasteiger partial charge in [-0.2, -0.15) is 0 Å². The molecule has 0 aliphatic carbocycles. The largest absolute Gasteiger partial charge is 0.322 e. The van der Waals surface area contributed by atoms with Gasteiger partial charge in [0.15, 0.2) is 9.84 Å². The first-order valence-electron chi connectivity index (χ1n) is 5.99. The lowest BCUT2D eigenvalue weighted by atomic mass is 10.2. The molecule has 7 heteroatoms. The number of pyridine rings is 1. The molecule has 1 aromatic rings. The van der Waals surface area contributed by atoms with Crippen LogP contribution in [0.25, 0.3) is 0 Å². The van der Waals surface area contributed by atoms with E-state index in [1.807, 2.05) is 0 Å². The van der Waals surface area contributed by atoms with Crippen molar-refractivity contribution < 1.29 is 13.2 Å². The van der Waals surface area contributed by atoms with Crippen LogP contribution < -0.4 is 0 Å². The van der Waals surface area contributed by atoms with Gasteiger partial charge in [-0.1, -0.05) is 17.5 Å². The highest BCUT2D eigenvalue weighted by atomic mass is 35.5. The van der Waals surface area contributed by atoms with Gasteiger partial charge in [0, 0.05) is 17.3 Å². The van der Waals surface area contributed by atoms with E-state index in [2.05, 4.69) is 10.9 Å². The fraction of sp³-hybridized carbons (Fsp3) is 0.385. The third-order valence-corrected chi connectivity index (χ3v) is 5.10. The van der Waals surface area contributed by atoms with E-state index >= 15 is 0 Å². The van der Waals surface area contributed by atoms with Crippen molar-refractivity contribution in [3.63, 3.8) is 0 Å². The van der Waals surface area contributed by atoms with Gasteiger partial charge in [0.05, 0.1) is 18.1 Å². The van der Waals surface area contributed by atoms with Gasteiger partial charge in [0.2, 0.25) is 0 Å². The first-order valence-corrected chi connectivity index (χ1v) is 8.19. The van der Waals surface area contributed by atoms with E-state index in [0.29, 0.717) is 11.4 Å². The molecule has 0 radical (unpaired) electrons. The van der Waals surface area contributed by atoms with E-state index in [9.17, 15) is 13.2 Å². The summed E-state index contributed by atoms with van der Waals surface area (Å²) in [7, 11) is -3.09. The zero-order valence-corrected chi connectivity index (χ0v) is 12.2. The number of hydrogen-bond acceptors (Lipinski definition) is 4. The van der Waals surface area contributed by atoms with Gasteiger partial charge >= 0.3 is 0 Å². The van der Waals surface area contributed by atoms with E-state index in [4.69, 9.17) is 18.0 Å². The number of nitrogens with zero attached hydrogens (tertiary/aromatic N) is 2. The van der Waals surface area contributed by atoms with Crippen LogP contribution >= 0.6 is 11.6 Å². The molecule has 0 aromatic carbocycles. The van der Waals surface area contributed by atoms with Crippen LogP contribution in [0.4, 0.5) is 0 Å². The molecule has 20 heavy (non-hydrogen) atoms. The van der Waals surface area contributed by atoms with Crippen LogP contribution in [0.3, 0.4) is 0 Å². The fourth-order valence-electron chi connectivity index (χ4n) is 2.16. The summed E-state index contributed by atoms with van der Waals surface area (Å²) in [5.41, 5.74) is 0.164. The van der Waals surface area contributed by atoms with E-state index in [-0.39, 0.29) is 23.7 Å². The first-order chi connectivity index (χ1) is 9.43. The van der Waals surface area contributed by atoms with Crippen molar-refractivity contribution in [2.75, 3.05) is 18.1 Å². The summed E-state index contributed by atoms with van der Waals surface area (Å²) in [6.07, 6.45) is 7.10. The number of halogens is 1. The highest BCUT2D eigenvalue weighted by Gasteiger charge is 2.35. The molecule has 1 aliphatic heterocycles. The van der Waals surface area contributed by atoms with E-state index in [1.165, 1.54) is 17.2 Å². The summed E-state index contributed by atoms with van der Waals surface area (Å²) >= 11 is 5.83. The fourth-order valence-corrected chi connectivity index (χ4v) is 4.05. The summed E-state index contributed by atoms with van der Waals surface area (Å²) < 4.78 is 23.1. The number of carbonyl (C=O) groups is 1. The molecule has 1 aliphatic rings. The molecule has 2 rings (SSSR count). The maximum Gasteiger partial charge on any atom is 0.273 e. The van der Waals surface area contributed by atoms with Crippen LogP contribution in [0.5, 0.6) is 0 Å². The molecule has 0 bridgehead atoms. The lowest BCUT2D eigenvalue weighted by molar-refractivity contribution is 0.0718. The molecule has 1 unspecified atom stereocenters. The molecule has 2 heterocycles. The van der Waals surface area contributed by atoms with Gasteiger partial charge in [-0.3, -0.25) is 9.78 Å².